The first-order chi connectivity index (χ1) is 0. The molecule has 0 spiro atoms. The number of hydrogen-bond donors (Lipinski definition) is 0. The van der Waals surface area contributed by atoms with Crippen LogP contribution in [0.5, 0.6) is 0 Å². The minimum atomic E-state index is 0. The molecule has 0 aliphatic rings. The van der Waals surface area contributed by atoms with Gasteiger partial charge in [0.05, 0.1) is 0 Å². The van der Waals surface area contributed by atoms with Crippen LogP contribution >= 0.6 is 0 Å². The van der Waals surface area contributed by atoms with E-state index in [1.54, 1.807) is 0 Å². The molecule has 1 radical (unpaired) electrons. The van der Waals surface area contributed by atoms with Crippen molar-refractivity contribution < 1.29 is 84.3 Å². The molecule has 0 atom stereocenters. The molecule has 0 bridgehead atoms. The number of hydrogen-bond acceptors (Lipinski definition) is 0. The van der Waals surface area contributed by atoms with Crippen molar-refractivity contribution in [2.75, 3.05) is 0 Å². The molecule has 0 heterocycles. The topological polar surface area (TPSA) is 378 Å². The average Bonchev–Trinajstić information content (AvgIpc) is 0. The second-order valence-electron chi connectivity index (χ2n) is 0. The van der Waals surface area contributed by atoms with Crippen molar-refractivity contribution in [3.05, 3.63) is 0 Å². The standard InChI is InChI=1S/12H2O.V/h12*1H2;. The molecule has 24 N–H and O–H groups in total. The van der Waals surface area contributed by atoms with Crippen LogP contribution in [-0.4, -0.2) is 65.7 Å². The monoisotopic (exact) mass is 267 g/mol. The Morgan fingerprint density at radius 3 is 0.154 bits per heavy atom. The summed E-state index contributed by atoms with van der Waals surface area (Å²) >= 11 is 0. The Bertz CT molecular complexity index is 5.09. The molecule has 0 aliphatic heterocycles. The summed E-state index contributed by atoms with van der Waals surface area (Å²) in [4.78, 5) is 0. The smallest absolute Gasteiger partial charge is 0 e. The van der Waals surface area contributed by atoms with E-state index in [0.29, 0.717) is 0 Å². The van der Waals surface area contributed by atoms with E-state index < -0.39 is 0 Å². The van der Waals surface area contributed by atoms with Crippen LogP contribution in [0, 0.1) is 0 Å². The van der Waals surface area contributed by atoms with Crippen molar-refractivity contribution in [3.63, 3.8) is 0 Å². The second-order valence-corrected chi connectivity index (χ2v) is 0. The average molecular weight is 267 g/mol. The molecule has 0 aromatic carbocycles. The molecule has 101 valence electrons. The quantitative estimate of drug-likeness (QED) is 0.394. The minimum Gasteiger partial charge on any atom is -0.412 e. The predicted octanol–water partition coefficient (Wildman–Crippen LogP) is -9.90. The summed E-state index contributed by atoms with van der Waals surface area (Å²) in [5.41, 5.74) is 0. The van der Waals surface area contributed by atoms with Crippen LogP contribution in [0.15, 0.2) is 0 Å². The van der Waals surface area contributed by atoms with Gasteiger partial charge in [0, 0.05) is 18.6 Å². The van der Waals surface area contributed by atoms with E-state index >= 15 is 0 Å². The van der Waals surface area contributed by atoms with Gasteiger partial charge in [-0.05, 0) is 0 Å². The summed E-state index contributed by atoms with van der Waals surface area (Å²) in [6.45, 7) is 0. The van der Waals surface area contributed by atoms with Crippen molar-refractivity contribution in [1.29, 1.82) is 0 Å². The number of rotatable bonds is 0. The predicted molar refractivity (Wildman–Crippen MR) is 43.4 cm³/mol. The van der Waals surface area contributed by atoms with Gasteiger partial charge < -0.3 is 65.7 Å². The molecular formula is H24O12V. The van der Waals surface area contributed by atoms with Crippen molar-refractivity contribution >= 4 is 0 Å². The van der Waals surface area contributed by atoms with E-state index in [9.17, 15) is 0 Å². The van der Waals surface area contributed by atoms with Crippen molar-refractivity contribution in [2.24, 2.45) is 0 Å². The molecule has 0 rings (SSSR count). The molecule has 0 saturated heterocycles. The van der Waals surface area contributed by atoms with Crippen molar-refractivity contribution in [2.45, 2.75) is 0 Å². The molecule has 13 heavy (non-hydrogen) atoms. The Labute approximate surface area is 85.1 Å². The summed E-state index contributed by atoms with van der Waals surface area (Å²) < 4.78 is 0. The van der Waals surface area contributed by atoms with E-state index in [1.807, 2.05) is 0 Å². The Morgan fingerprint density at radius 2 is 0.154 bits per heavy atom. The van der Waals surface area contributed by atoms with Crippen LogP contribution in [0.3, 0.4) is 0 Å². The van der Waals surface area contributed by atoms with Crippen LogP contribution in [0.25, 0.3) is 0 Å². The fourth-order valence-electron chi connectivity index (χ4n) is 0. The molecule has 0 saturated carbocycles. The summed E-state index contributed by atoms with van der Waals surface area (Å²) in [5.74, 6) is 0. The molecule has 0 aromatic rings. The normalized spacial score (nSPS) is 0. The molecule has 0 unspecified atom stereocenters. The van der Waals surface area contributed by atoms with E-state index in [-0.39, 0.29) is 84.3 Å². The molecule has 13 heteroatoms. The zero-order chi connectivity index (χ0) is 0. The summed E-state index contributed by atoms with van der Waals surface area (Å²) in [6.07, 6.45) is 0. The molecule has 0 fully saturated rings. The zero-order valence-electron chi connectivity index (χ0n) is 6.45. The fraction of sp³-hybridized carbons (Fsp3) is 0. The SMILES string of the molecule is O.O.O.O.O.O.O.O.O.O.O.O.[V]. The Kier molecular flexibility index (Phi) is 1850000000. The molecular weight excluding hydrogens is 243 g/mol. The Morgan fingerprint density at radius 1 is 0.154 bits per heavy atom. The van der Waals surface area contributed by atoms with Crippen LogP contribution in [0.4, 0.5) is 0 Å². The first-order valence-corrected chi connectivity index (χ1v) is 0. The van der Waals surface area contributed by atoms with Crippen LogP contribution in [0.2, 0.25) is 0 Å². The third-order valence-corrected chi connectivity index (χ3v) is 0. The third-order valence-electron chi connectivity index (χ3n) is 0. The van der Waals surface area contributed by atoms with E-state index in [0.717, 1.165) is 0 Å². The van der Waals surface area contributed by atoms with Crippen molar-refractivity contribution in [3.8, 4) is 0 Å². The van der Waals surface area contributed by atoms with Crippen molar-refractivity contribution in [1.82, 2.24) is 0 Å². The van der Waals surface area contributed by atoms with Gasteiger partial charge >= 0.3 is 0 Å². The summed E-state index contributed by atoms with van der Waals surface area (Å²) in [7, 11) is 0. The van der Waals surface area contributed by atoms with Crippen LogP contribution in [0.1, 0.15) is 0 Å². The van der Waals surface area contributed by atoms with Gasteiger partial charge in [-0.25, -0.2) is 0 Å². The maximum absolute atomic E-state index is 0. The zero-order valence-corrected chi connectivity index (χ0v) is 7.84. The Hall–Kier alpha value is 0.104. The Balaban J connectivity index is 0. The van der Waals surface area contributed by atoms with Gasteiger partial charge in [0.15, 0.2) is 0 Å². The molecule has 0 amide bonds. The van der Waals surface area contributed by atoms with Gasteiger partial charge in [-0.3, -0.25) is 0 Å². The van der Waals surface area contributed by atoms with E-state index in [4.69, 9.17) is 0 Å². The van der Waals surface area contributed by atoms with Gasteiger partial charge in [-0.15, -0.1) is 0 Å². The first-order valence-electron chi connectivity index (χ1n) is 0. The third kappa shape index (κ3) is 113000. The summed E-state index contributed by atoms with van der Waals surface area (Å²) in [5, 5.41) is 0. The van der Waals surface area contributed by atoms with Gasteiger partial charge in [0.2, 0.25) is 0 Å². The van der Waals surface area contributed by atoms with Gasteiger partial charge in [0.1, 0.15) is 0 Å². The van der Waals surface area contributed by atoms with Crippen LogP contribution < -0.4 is 0 Å². The summed E-state index contributed by atoms with van der Waals surface area (Å²) in [6, 6.07) is 0. The molecule has 0 aromatic heterocycles. The van der Waals surface area contributed by atoms with E-state index in [2.05, 4.69) is 0 Å². The van der Waals surface area contributed by atoms with E-state index in [1.165, 1.54) is 0 Å². The fourth-order valence-corrected chi connectivity index (χ4v) is 0. The first kappa shape index (κ1) is 176000. The maximum atomic E-state index is 0. The largest absolute Gasteiger partial charge is 0.412 e. The maximum Gasteiger partial charge on any atom is 0 e. The second kappa shape index (κ2) is 137000. The minimum absolute atomic E-state index is 0. The molecule has 12 nitrogen and oxygen atoms in total. The van der Waals surface area contributed by atoms with Gasteiger partial charge in [0.25, 0.3) is 0 Å². The van der Waals surface area contributed by atoms with Gasteiger partial charge in [-0.2, -0.15) is 0 Å². The van der Waals surface area contributed by atoms with Crippen LogP contribution in [-0.2, 0) is 18.6 Å². The molecule has 0 aliphatic carbocycles. The van der Waals surface area contributed by atoms with Gasteiger partial charge in [-0.1, -0.05) is 0 Å².